The van der Waals surface area contributed by atoms with Crippen molar-refractivity contribution in [3.05, 3.63) is 70.5 Å². The Labute approximate surface area is 137 Å². The molecule has 5 nitrogen and oxygen atoms in total. The summed E-state index contributed by atoms with van der Waals surface area (Å²) < 4.78 is 30.5. The zero-order chi connectivity index (χ0) is 16.4. The van der Waals surface area contributed by atoms with Crippen LogP contribution in [-0.4, -0.2) is 18.1 Å². The molecule has 1 aromatic heterocycles. The molecule has 1 N–H and O–H groups in total. The Bertz CT molecular complexity index is 983. The normalized spacial score (nSPS) is 12.5. The minimum Gasteiger partial charge on any atom is -0.508 e. The number of rotatable bonds is 3. The summed E-state index contributed by atoms with van der Waals surface area (Å²) in [6, 6.07) is 13.0. The lowest BCUT2D eigenvalue weighted by Crippen LogP contribution is -2.14. The van der Waals surface area contributed by atoms with Crippen LogP contribution >= 0.6 is 11.3 Å². The highest BCUT2D eigenvalue weighted by atomic mass is 32.2. The maximum Gasteiger partial charge on any atom is 0.285 e. The number of benzene rings is 2. The number of aromatic nitrogens is 1. The third-order valence-corrected chi connectivity index (χ3v) is 5.39. The number of phenolic OH excluding ortho intramolecular Hbond substituents is 1. The van der Waals surface area contributed by atoms with Gasteiger partial charge in [-0.2, -0.15) is 8.42 Å². The topological polar surface area (TPSA) is 71.7 Å². The van der Waals surface area contributed by atoms with E-state index in [0.29, 0.717) is 4.80 Å². The van der Waals surface area contributed by atoms with E-state index in [-0.39, 0.29) is 10.6 Å². The van der Waals surface area contributed by atoms with Crippen molar-refractivity contribution >= 4 is 21.4 Å². The van der Waals surface area contributed by atoms with E-state index >= 15 is 0 Å². The second-order valence-electron chi connectivity index (χ2n) is 4.95. The predicted octanol–water partition coefficient (Wildman–Crippen LogP) is 2.84. The van der Waals surface area contributed by atoms with Crippen LogP contribution in [0.2, 0.25) is 0 Å². The molecule has 0 unspecified atom stereocenters. The molecule has 3 aromatic rings. The molecule has 0 amide bonds. The van der Waals surface area contributed by atoms with Gasteiger partial charge in [-0.1, -0.05) is 17.7 Å². The van der Waals surface area contributed by atoms with Crippen LogP contribution in [0.4, 0.5) is 0 Å². The molecule has 0 spiro atoms. The maximum atomic E-state index is 12.4. The molecule has 0 fully saturated rings. The number of sulfonamides is 1. The van der Waals surface area contributed by atoms with Crippen molar-refractivity contribution in [2.45, 2.75) is 11.8 Å². The number of aryl methyl sites for hydroxylation is 1. The number of hydrogen-bond acceptors (Lipinski definition) is 4. The summed E-state index contributed by atoms with van der Waals surface area (Å²) in [5, 5.41) is 11.1. The van der Waals surface area contributed by atoms with Gasteiger partial charge in [0, 0.05) is 17.3 Å². The summed E-state index contributed by atoms with van der Waals surface area (Å²) in [6.07, 6.45) is 1.74. The highest BCUT2D eigenvalue weighted by Crippen LogP contribution is 2.15. The maximum absolute atomic E-state index is 12.4. The van der Waals surface area contributed by atoms with Crippen molar-refractivity contribution < 1.29 is 13.5 Å². The van der Waals surface area contributed by atoms with Gasteiger partial charge >= 0.3 is 0 Å². The van der Waals surface area contributed by atoms with Crippen molar-refractivity contribution in [3.63, 3.8) is 0 Å². The van der Waals surface area contributed by atoms with E-state index in [1.807, 2.05) is 6.92 Å². The quantitative estimate of drug-likeness (QED) is 0.793. The van der Waals surface area contributed by atoms with E-state index in [0.717, 1.165) is 11.3 Å². The fourth-order valence-electron chi connectivity index (χ4n) is 2.01. The molecule has 1 heterocycles. The van der Waals surface area contributed by atoms with E-state index in [1.54, 1.807) is 52.5 Å². The fraction of sp³-hybridized carbons (Fsp3) is 0.0625. The minimum atomic E-state index is -3.77. The van der Waals surface area contributed by atoms with Gasteiger partial charge in [0.15, 0.2) is 0 Å². The molecular weight excluding hydrogens is 332 g/mol. The fourth-order valence-corrected chi connectivity index (χ4v) is 3.94. The Balaban J connectivity index is 2.08. The summed E-state index contributed by atoms with van der Waals surface area (Å²) in [6.45, 7) is 1.89. The smallest absolute Gasteiger partial charge is 0.285 e. The second-order valence-corrected chi connectivity index (χ2v) is 7.43. The Morgan fingerprint density at radius 2 is 1.70 bits per heavy atom. The average molecular weight is 346 g/mol. The number of nitrogens with zero attached hydrogens (tertiary/aromatic N) is 2. The van der Waals surface area contributed by atoms with E-state index < -0.39 is 10.0 Å². The van der Waals surface area contributed by atoms with Gasteiger partial charge in [-0.25, -0.2) is 0 Å². The molecular formula is C16H14N2O3S2. The Morgan fingerprint density at radius 1 is 1.04 bits per heavy atom. The first-order valence-electron chi connectivity index (χ1n) is 6.79. The van der Waals surface area contributed by atoms with E-state index in [2.05, 4.69) is 4.40 Å². The SMILES string of the molecule is Cc1ccc(S(=O)(=O)/N=c2\sccn2-c2ccc(O)cc2)cc1. The first kappa shape index (κ1) is 15.5. The highest BCUT2D eigenvalue weighted by molar-refractivity contribution is 7.90. The molecule has 23 heavy (non-hydrogen) atoms. The molecule has 0 radical (unpaired) electrons. The van der Waals surface area contributed by atoms with Gasteiger partial charge in [0.05, 0.1) is 4.90 Å². The van der Waals surface area contributed by atoms with Crippen molar-refractivity contribution in [1.29, 1.82) is 0 Å². The van der Waals surface area contributed by atoms with Crippen LogP contribution in [0, 0.1) is 6.92 Å². The summed E-state index contributed by atoms with van der Waals surface area (Å²) in [4.78, 5) is 0.505. The van der Waals surface area contributed by atoms with Crippen LogP contribution in [0.25, 0.3) is 5.69 Å². The van der Waals surface area contributed by atoms with Gasteiger partial charge in [-0.15, -0.1) is 15.7 Å². The number of hydrogen-bond donors (Lipinski definition) is 1. The van der Waals surface area contributed by atoms with Gasteiger partial charge < -0.3 is 5.11 Å². The molecule has 0 aliphatic heterocycles. The molecule has 0 aliphatic rings. The Morgan fingerprint density at radius 3 is 2.35 bits per heavy atom. The van der Waals surface area contributed by atoms with E-state index in [4.69, 9.17) is 0 Å². The third kappa shape index (κ3) is 3.35. The van der Waals surface area contributed by atoms with Crippen molar-refractivity contribution in [1.82, 2.24) is 4.57 Å². The van der Waals surface area contributed by atoms with Crippen molar-refractivity contribution in [3.8, 4) is 11.4 Å². The van der Waals surface area contributed by atoms with Crippen LogP contribution in [0.1, 0.15) is 5.56 Å². The van der Waals surface area contributed by atoms with Crippen LogP contribution in [0.3, 0.4) is 0 Å². The Hall–Kier alpha value is -2.38. The van der Waals surface area contributed by atoms with Gasteiger partial charge in [0.2, 0.25) is 4.80 Å². The third-order valence-electron chi connectivity index (χ3n) is 3.23. The van der Waals surface area contributed by atoms with Crippen LogP contribution in [0.5, 0.6) is 5.75 Å². The summed E-state index contributed by atoms with van der Waals surface area (Å²) in [5.74, 6) is 0.148. The largest absolute Gasteiger partial charge is 0.508 e. The molecule has 0 saturated heterocycles. The zero-order valence-electron chi connectivity index (χ0n) is 12.2. The number of phenols is 1. The van der Waals surface area contributed by atoms with Gasteiger partial charge in [0.25, 0.3) is 10.0 Å². The summed E-state index contributed by atoms with van der Waals surface area (Å²) in [5.41, 5.74) is 1.71. The van der Waals surface area contributed by atoms with Crippen LogP contribution in [-0.2, 0) is 10.0 Å². The highest BCUT2D eigenvalue weighted by Gasteiger charge is 2.13. The molecule has 0 aliphatic carbocycles. The lowest BCUT2D eigenvalue weighted by atomic mass is 10.2. The van der Waals surface area contributed by atoms with Crippen LogP contribution < -0.4 is 4.80 Å². The first-order chi connectivity index (χ1) is 11.0. The predicted molar refractivity (Wildman–Crippen MR) is 89.2 cm³/mol. The van der Waals surface area contributed by atoms with Crippen LogP contribution in [0.15, 0.2) is 69.4 Å². The summed E-state index contributed by atoms with van der Waals surface area (Å²) >= 11 is 1.23. The van der Waals surface area contributed by atoms with Gasteiger partial charge in [0.1, 0.15) is 5.75 Å². The first-order valence-corrected chi connectivity index (χ1v) is 9.11. The van der Waals surface area contributed by atoms with E-state index in [1.165, 1.54) is 23.5 Å². The van der Waals surface area contributed by atoms with Crippen molar-refractivity contribution in [2.24, 2.45) is 4.40 Å². The molecule has 7 heteroatoms. The van der Waals surface area contributed by atoms with Gasteiger partial charge in [-0.05, 0) is 43.3 Å². The molecule has 118 valence electrons. The zero-order valence-corrected chi connectivity index (χ0v) is 13.9. The lowest BCUT2D eigenvalue weighted by molar-refractivity contribution is 0.475. The molecule has 0 atom stereocenters. The number of aromatic hydroxyl groups is 1. The average Bonchev–Trinajstić information content (AvgIpc) is 2.96. The van der Waals surface area contributed by atoms with E-state index in [9.17, 15) is 13.5 Å². The molecule has 3 rings (SSSR count). The molecule has 0 bridgehead atoms. The second kappa shape index (κ2) is 6.02. The number of thiazole rings is 1. The van der Waals surface area contributed by atoms with Gasteiger partial charge in [-0.3, -0.25) is 4.57 Å². The van der Waals surface area contributed by atoms with Crippen molar-refractivity contribution in [2.75, 3.05) is 0 Å². The molecule has 2 aromatic carbocycles. The molecule has 0 saturated carbocycles. The minimum absolute atomic E-state index is 0.148. The Kier molecular flexibility index (Phi) is 4.06. The monoisotopic (exact) mass is 346 g/mol. The standard InChI is InChI=1S/C16H14N2O3S2/c1-12-2-8-15(9-3-12)23(20,21)17-16-18(10-11-22-16)13-4-6-14(19)7-5-13/h2-11,19H,1H3/b17-16-. The lowest BCUT2D eigenvalue weighted by Gasteiger charge is -2.03. The summed E-state index contributed by atoms with van der Waals surface area (Å²) in [7, 11) is -3.77.